The molecular weight excluding hydrogens is 282 g/mol. The van der Waals surface area contributed by atoms with E-state index in [9.17, 15) is 8.42 Å². The maximum Gasteiger partial charge on any atom is 0.252 e. The summed E-state index contributed by atoms with van der Waals surface area (Å²) in [5.41, 5.74) is 0. The van der Waals surface area contributed by atoms with Crippen LogP contribution in [0.15, 0.2) is 21.7 Å². The zero-order valence-corrected chi connectivity index (χ0v) is 12.5. The summed E-state index contributed by atoms with van der Waals surface area (Å²) in [5, 5.41) is 10.6. The summed E-state index contributed by atoms with van der Waals surface area (Å²) in [6.07, 6.45) is 0. The van der Waals surface area contributed by atoms with Gasteiger partial charge in [0.1, 0.15) is 4.21 Å². The van der Waals surface area contributed by atoms with Gasteiger partial charge in [0.2, 0.25) is 0 Å². The van der Waals surface area contributed by atoms with Crippen LogP contribution in [0, 0.1) is 17.2 Å². The number of nitrogens with zero attached hydrogens (tertiary/aromatic N) is 2. The number of hydrogen-bond acceptors (Lipinski definition) is 4. The lowest BCUT2D eigenvalue weighted by molar-refractivity contribution is -0.905. The second-order valence-corrected chi connectivity index (χ2v) is 7.93. The van der Waals surface area contributed by atoms with E-state index in [1.807, 2.05) is 6.92 Å². The molecule has 2 heterocycles. The van der Waals surface area contributed by atoms with Crippen LogP contribution in [0.2, 0.25) is 0 Å². The average molecular weight is 300 g/mol. The second-order valence-electron chi connectivity index (χ2n) is 4.82. The zero-order valence-electron chi connectivity index (χ0n) is 10.9. The fourth-order valence-corrected chi connectivity index (χ4v) is 4.85. The average Bonchev–Trinajstić information content (AvgIpc) is 2.94. The van der Waals surface area contributed by atoms with Crippen LogP contribution in [0.25, 0.3) is 0 Å². The number of nitrogens with one attached hydrogen (secondary N) is 1. The molecule has 2 rings (SSSR count). The van der Waals surface area contributed by atoms with Gasteiger partial charge in [-0.05, 0) is 18.4 Å². The summed E-state index contributed by atoms with van der Waals surface area (Å²) in [6.45, 7) is 5.32. The number of hydrogen-bond donors (Lipinski definition) is 1. The molecule has 0 amide bonds. The number of nitriles is 1. The van der Waals surface area contributed by atoms with Gasteiger partial charge in [-0.15, -0.1) is 11.3 Å². The molecule has 0 saturated carbocycles. The summed E-state index contributed by atoms with van der Waals surface area (Å²) in [4.78, 5) is 1.31. The third-order valence-corrected chi connectivity index (χ3v) is 6.61. The first-order valence-electron chi connectivity index (χ1n) is 6.31. The fourth-order valence-electron chi connectivity index (χ4n) is 2.26. The highest BCUT2D eigenvalue weighted by Gasteiger charge is 2.31. The Kier molecular flexibility index (Phi) is 4.58. The van der Waals surface area contributed by atoms with Crippen LogP contribution in [0.5, 0.6) is 0 Å². The first kappa shape index (κ1) is 14.5. The van der Waals surface area contributed by atoms with E-state index >= 15 is 0 Å². The van der Waals surface area contributed by atoms with Crippen molar-refractivity contribution in [2.24, 2.45) is 5.92 Å². The van der Waals surface area contributed by atoms with Crippen LogP contribution < -0.4 is 4.90 Å². The lowest BCUT2D eigenvalue weighted by Gasteiger charge is -2.31. The molecule has 19 heavy (non-hydrogen) atoms. The summed E-state index contributed by atoms with van der Waals surface area (Å²) < 4.78 is 26.6. The van der Waals surface area contributed by atoms with Gasteiger partial charge in [-0.2, -0.15) is 9.57 Å². The minimum Gasteiger partial charge on any atom is -0.332 e. The highest BCUT2D eigenvalue weighted by atomic mass is 32.2. The molecule has 0 aliphatic carbocycles. The minimum absolute atomic E-state index is 0.0236. The van der Waals surface area contributed by atoms with E-state index < -0.39 is 10.0 Å². The van der Waals surface area contributed by atoms with Crippen molar-refractivity contribution in [2.45, 2.75) is 11.1 Å². The Labute approximate surface area is 118 Å². The highest BCUT2D eigenvalue weighted by molar-refractivity contribution is 7.91. The van der Waals surface area contributed by atoms with Crippen molar-refractivity contribution in [1.82, 2.24) is 4.31 Å². The molecule has 1 N–H and O–H groups in total. The number of thiophene rings is 1. The van der Waals surface area contributed by atoms with Gasteiger partial charge >= 0.3 is 0 Å². The van der Waals surface area contributed by atoms with E-state index in [4.69, 9.17) is 5.26 Å². The summed E-state index contributed by atoms with van der Waals surface area (Å²) in [7, 11) is -3.30. The van der Waals surface area contributed by atoms with Crippen molar-refractivity contribution in [2.75, 3.05) is 32.7 Å². The molecule has 0 aromatic carbocycles. The third-order valence-electron chi connectivity index (χ3n) is 3.33. The molecule has 1 aromatic heterocycles. The van der Waals surface area contributed by atoms with Gasteiger partial charge in [-0.25, -0.2) is 8.42 Å². The van der Waals surface area contributed by atoms with E-state index in [-0.39, 0.29) is 5.92 Å². The van der Waals surface area contributed by atoms with Crippen molar-refractivity contribution in [1.29, 1.82) is 5.26 Å². The molecule has 104 valence electrons. The molecule has 0 radical (unpaired) electrons. The zero-order chi connectivity index (χ0) is 13.9. The minimum atomic E-state index is -3.30. The van der Waals surface area contributed by atoms with Crippen LogP contribution in [-0.4, -0.2) is 45.4 Å². The molecule has 1 aliphatic heterocycles. The second kappa shape index (κ2) is 6.01. The number of rotatable bonds is 4. The molecule has 1 aliphatic rings. The highest BCUT2D eigenvalue weighted by Crippen LogP contribution is 2.20. The van der Waals surface area contributed by atoms with Crippen LogP contribution in [0.4, 0.5) is 0 Å². The Morgan fingerprint density at radius 3 is 2.74 bits per heavy atom. The molecule has 1 saturated heterocycles. The number of piperazine rings is 1. The Morgan fingerprint density at radius 1 is 1.53 bits per heavy atom. The fraction of sp³-hybridized carbons (Fsp3) is 0.583. The Hall–Kier alpha value is -0.940. The lowest BCUT2D eigenvalue weighted by Crippen LogP contribution is -3.15. The van der Waals surface area contributed by atoms with Crippen LogP contribution >= 0.6 is 11.3 Å². The van der Waals surface area contributed by atoms with Crippen molar-refractivity contribution >= 4 is 21.4 Å². The number of sulfonamides is 1. The summed E-state index contributed by atoms with van der Waals surface area (Å²) in [6, 6.07) is 5.63. The standard InChI is InChI=1S/C12H17N3O2S2/c1-11(9-13)10-14-4-6-15(7-5-14)19(16,17)12-3-2-8-18-12/h2-3,8,11H,4-7,10H2,1H3/p+1/t11-/m0/s1. The van der Waals surface area contributed by atoms with E-state index in [2.05, 4.69) is 6.07 Å². The molecular formula is C12H18N3O2S2+. The number of quaternary nitrogens is 1. The summed E-state index contributed by atoms with van der Waals surface area (Å²) in [5.74, 6) is 0.0236. The van der Waals surface area contributed by atoms with Gasteiger partial charge in [0.15, 0.2) is 0 Å². The van der Waals surface area contributed by atoms with Gasteiger partial charge in [0.25, 0.3) is 10.0 Å². The van der Waals surface area contributed by atoms with Gasteiger partial charge in [0, 0.05) is 0 Å². The van der Waals surface area contributed by atoms with Gasteiger partial charge in [0.05, 0.1) is 44.7 Å². The van der Waals surface area contributed by atoms with Crippen LogP contribution in [-0.2, 0) is 10.0 Å². The van der Waals surface area contributed by atoms with E-state index in [1.54, 1.807) is 21.8 Å². The molecule has 0 unspecified atom stereocenters. The normalized spacial score (nSPS) is 20.0. The van der Waals surface area contributed by atoms with Gasteiger partial charge < -0.3 is 4.90 Å². The van der Waals surface area contributed by atoms with Gasteiger partial charge in [-0.3, -0.25) is 0 Å². The van der Waals surface area contributed by atoms with Crippen molar-refractivity contribution in [3.8, 4) is 6.07 Å². The van der Waals surface area contributed by atoms with E-state index in [0.717, 1.165) is 19.6 Å². The van der Waals surface area contributed by atoms with Crippen LogP contribution in [0.1, 0.15) is 6.92 Å². The Balaban J connectivity index is 1.96. The first-order valence-corrected chi connectivity index (χ1v) is 8.63. The SMILES string of the molecule is C[C@@H](C#N)C[NH+]1CCN(S(=O)(=O)c2cccs2)CC1. The monoisotopic (exact) mass is 300 g/mol. The first-order chi connectivity index (χ1) is 9.04. The van der Waals surface area contributed by atoms with Crippen molar-refractivity contribution in [3.05, 3.63) is 17.5 Å². The Bertz CT molecular complexity index is 540. The molecule has 1 aromatic rings. The van der Waals surface area contributed by atoms with E-state index in [1.165, 1.54) is 16.2 Å². The molecule has 5 nitrogen and oxygen atoms in total. The maximum atomic E-state index is 12.3. The maximum absolute atomic E-state index is 12.3. The predicted molar refractivity (Wildman–Crippen MR) is 73.4 cm³/mol. The Morgan fingerprint density at radius 2 is 2.21 bits per heavy atom. The third kappa shape index (κ3) is 3.34. The van der Waals surface area contributed by atoms with Crippen molar-refractivity contribution in [3.63, 3.8) is 0 Å². The van der Waals surface area contributed by atoms with Crippen molar-refractivity contribution < 1.29 is 13.3 Å². The largest absolute Gasteiger partial charge is 0.332 e. The molecule has 7 heteroatoms. The van der Waals surface area contributed by atoms with Gasteiger partial charge in [-0.1, -0.05) is 6.07 Å². The summed E-state index contributed by atoms with van der Waals surface area (Å²) >= 11 is 1.26. The topological polar surface area (TPSA) is 65.6 Å². The molecule has 1 atom stereocenters. The van der Waals surface area contributed by atoms with E-state index in [0.29, 0.717) is 17.3 Å². The smallest absolute Gasteiger partial charge is 0.252 e. The predicted octanol–water partition coefficient (Wildman–Crippen LogP) is -0.203. The molecule has 1 fully saturated rings. The quantitative estimate of drug-likeness (QED) is 0.837. The van der Waals surface area contributed by atoms with Crippen LogP contribution in [0.3, 0.4) is 0 Å². The molecule has 0 spiro atoms. The molecule has 0 bridgehead atoms. The lowest BCUT2D eigenvalue weighted by atomic mass is 10.2.